The fourth-order valence-electron chi connectivity index (χ4n) is 8.07. The minimum absolute atomic E-state index is 0.0240. The van der Waals surface area contributed by atoms with E-state index in [1.165, 1.54) is 6.92 Å². The zero-order valence-electron chi connectivity index (χ0n) is 18.0. The van der Waals surface area contributed by atoms with Crippen molar-refractivity contribution in [2.45, 2.75) is 70.4 Å². The first-order chi connectivity index (χ1) is 14.4. The molecule has 0 aromatic rings. The summed E-state index contributed by atoms with van der Waals surface area (Å²) in [4.78, 5) is 24.7. The van der Waals surface area contributed by atoms with E-state index in [2.05, 4.69) is 0 Å². The molecule has 2 aliphatic heterocycles. The first kappa shape index (κ1) is 21.3. The van der Waals surface area contributed by atoms with Gasteiger partial charge in [-0.25, -0.2) is 4.79 Å². The van der Waals surface area contributed by atoms with Gasteiger partial charge < -0.3 is 34.6 Å². The molecule has 4 fully saturated rings. The Morgan fingerprint density at radius 3 is 2.58 bits per heavy atom. The van der Waals surface area contributed by atoms with E-state index in [9.17, 15) is 30.0 Å². The Bertz CT molecular complexity index is 871. The Hall–Kier alpha value is -1.52. The van der Waals surface area contributed by atoms with Gasteiger partial charge >= 0.3 is 11.9 Å². The summed E-state index contributed by atoms with van der Waals surface area (Å²) in [5, 5.41) is 44.7. The second-order valence-corrected chi connectivity index (χ2v) is 10.4. The molecule has 3 aliphatic carbocycles. The van der Waals surface area contributed by atoms with Crippen molar-refractivity contribution in [3.63, 3.8) is 0 Å². The molecule has 172 valence electrons. The van der Waals surface area contributed by atoms with E-state index in [4.69, 9.17) is 14.2 Å². The van der Waals surface area contributed by atoms with Gasteiger partial charge in [0.2, 0.25) is 6.10 Å². The Labute approximate surface area is 180 Å². The zero-order valence-corrected chi connectivity index (χ0v) is 18.0. The van der Waals surface area contributed by atoms with Crippen LogP contribution < -0.4 is 0 Å². The lowest BCUT2D eigenvalue weighted by Crippen LogP contribution is -2.78. The number of fused-ring (bicyclic) bond motifs is 1. The number of carbonyl (C=O) groups is 2. The first-order valence-electron chi connectivity index (χ1n) is 10.9. The highest BCUT2D eigenvalue weighted by Gasteiger charge is 2.83. The molecule has 0 aromatic heterocycles. The number of ether oxygens (including phenoxy) is 3. The molecule has 2 saturated carbocycles. The number of aliphatic hydroxyl groups excluding tert-OH is 3. The molecule has 2 saturated heterocycles. The van der Waals surface area contributed by atoms with Gasteiger partial charge in [0.25, 0.3) is 0 Å². The molecule has 9 heteroatoms. The minimum atomic E-state index is -2.01. The maximum atomic E-state index is 12.9. The molecule has 0 radical (unpaired) electrons. The van der Waals surface area contributed by atoms with Crippen LogP contribution in [-0.4, -0.2) is 75.3 Å². The highest BCUT2D eigenvalue weighted by molar-refractivity contribution is 5.80. The Morgan fingerprint density at radius 1 is 1.26 bits per heavy atom. The second-order valence-electron chi connectivity index (χ2n) is 10.4. The maximum Gasteiger partial charge on any atom is 0.348 e. The summed E-state index contributed by atoms with van der Waals surface area (Å²) in [6, 6.07) is 0. The number of aliphatic hydroxyl groups is 4. The van der Waals surface area contributed by atoms with Crippen LogP contribution in [0, 0.1) is 34.5 Å². The molecule has 31 heavy (non-hydrogen) atoms. The summed E-state index contributed by atoms with van der Waals surface area (Å²) in [6.45, 7) is 6.51. The van der Waals surface area contributed by atoms with Gasteiger partial charge in [-0.2, -0.15) is 0 Å². The molecule has 9 nitrogen and oxygen atoms in total. The highest BCUT2D eigenvalue weighted by atomic mass is 16.7. The van der Waals surface area contributed by atoms with Gasteiger partial charge in [0.15, 0.2) is 5.79 Å². The molecular formula is C22H30O9. The van der Waals surface area contributed by atoms with Gasteiger partial charge in [-0.3, -0.25) is 4.79 Å². The molecule has 0 amide bonds. The molecule has 12 atom stereocenters. The number of rotatable bonds is 1. The summed E-state index contributed by atoms with van der Waals surface area (Å²) < 4.78 is 17.1. The normalized spacial score (nSPS) is 57.4. The van der Waals surface area contributed by atoms with Gasteiger partial charge in [-0.15, -0.1) is 0 Å². The SMILES string of the molecule is CC(=O)O[C@H]1C(=O)O[C@@H]2C[C@H]3C(C)=C[C@H](O)[C@@H](O)[C@]3(C)[C@H]3[C@@]4(O)OC[C@]32[C@@H]1[C@@H](C)[C@H]4O. The molecule has 5 aliphatic rings. The first-order valence-corrected chi connectivity index (χ1v) is 10.9. The van der Waals surface area contributed by atoms with Crippen molar-refractivity contribution in [3.8, 4) is 0 Å². The topological polar surface area (TPSA) is 143 Å². The van der Waals surface area contributed by atoms with Crippen molar-refractivity contribution in [2.75, 3.05) is 6.61 Å². The van der Waals surface area contributed by atoms with E-state index in [0.29, 0.717) is 6.42 Å². The van der Waals surface area contributed by atoms with Crippen LogP contribution >= 0.6 is 0 Å². The van der Waals surface area contributed by atoms with Crippen LogP contribution in [0.15, 0.2) is 11.6 Å². The second kappa shape index (κ2) is 6.29. The molecule has 5 rings (SSSR count). The van der Waals surface area contributed by atoms with Crippen molar-refractivity contribution < 1.29 is 44.2 Å². The summed E-state index contributed by atoms with van der Waals surface area (Å²) in [5.41, 5.74) is -1.25. The van der Waals surface area contributed by atoms with Crippen molar-refractivity contribution >= 4 is 11.9 Å². The lowest BCUT2D eigenvalue weighted by atomic mass is 9.38. The van der Waals surface area contributed by atoms with E-state index in [1.54, 1.807) is 19.9 Å². The smallest absolute Gasteiger partial charge is 0.348 e. The summed E-state index contributed by atoms with van der Waals surface area (Å²) >= 11 is 0. The molecule has 4 N–H and O–H groups in total. The van der Waals surface area contributed by atoms with Crippen LogP contribution in [0.2, 0.25) is 0 Å². The van der Waals surface area contributed by atoms with Crippen LogP contribution in [0.3, 0.4) is 0 Å². The van der Waals surface area contributed by atoms with E-state index in [1.807, 2.05) is 6.92 Å². The van der Waals surface area contributed by atoms with Gasteiger partial charge in [0.05, 0.1) is 18.8 Å². The third-order valence-electron chi connectivity index (χ3n) is 9.09. The van der Waals surface area contributed by atoms with Gasteiger partial charge in [0.1, 0.15) is 12.2 Å². The summed E-state index contributed by atoms with van der Waals surface area (Å²) in [5.74, 6) is -5.85. The molecule has 2 heterocycles. The van der Waals surface area contributed by atoms with Crippen LogP contribution in [0.1, 0.15) is 34.1 Å². The average Bonchev–Trinajstić information content (AvgIpc) is 2.97. The van der Waals surface area contributed by atoms with Gasteiger partial charge in [-0.05, 0) is 25.2 Å². The molecule has 0 unspecified atom stereocenters. The Morgan fingerprint density at radius 2 is 1.94 bits per heavy atom. The van der Waals surface area contributed by atoms with Crippen molar-refractivity contribution in [3.05, 3.63) is 11.6 Å². The van der Waals surface area contributed by atoms with Crippen molar-refractivity contribution in [1.82, 2.24) is 0 Å². The fourth-order valence-corrected chi connectivity index (χ4v) is 8.07. The third-order valence-corrected chi connectivity index (χ3v) is 9.09. The molecule has 0 aromatic carbocycles. The molecule has 1 spiro atoms. The standard InChI is InChI=1S/C22H30O9/c1-8-5-12(24)17(26)20(4)11(8)6-13-21-7-29-22(28,19(20)21)16(25)9(2)14(21)15(18(27)31-13)30-10(3)23/h5,9,11-17,19,24-26,28H,6-7H2,1-4H3/t9-,11+,12+,13-,14-,15-,16-,17-,19-,20-,21+,22+/m1/s1. The minimum Gasteiger partial charge on any atom is -0.459 e. The van der Waals surface area contributed by atoms with E-state index in [-0.39, 0.29) is 12.5 Å². The monoisotopic (exact) mass is 438 g/mol. The highest BCUT2D eigenvalue weighted by Crippen LogP contribution is 2.73. The predicted molar refractivity (Wildman–Crippen MR) is 103 cm³/mol. The maximum absolute atomic E-state index is 12.9. The quantitative estimate of drug-likeness (QED) is 0.315. The van der Waals surface area contributed by atoms with Crippen molar-refractivity contribution in [2.24, 2.45) is 34.5 Å². The van der Waals surface area contributed by atoms with Crippen LogP contribution in [0.25, 0.3) is 0 Å². The van der Waals surface area contributed by atoms with E-state index >= 15 is 0 Å². The number of hydrogen-bond donors (Lipinski definition) is 4. The third kappa shape index (κ3) is 2.29. The lowest BCUT2D eigenvalue weighted by molar-refractivity contribution is -0.345. The van der Waals surface area contributed by atoms with E-state index in [0.717, 1.165) is 5.57 Å². The largest absolute Gasteiger partial charge is 0.459 e. The lowest BCUT2D eigenvalue weighted by Gasteiger charge is -2.68. The van der Waals surface area contributed by atoms with Crippen LogP contribution in [0.4, 0.5) is 0 Å². The van der Waals surface area contributed by atoms with E-state index < -0.39 is 76.8 Å². The summed E-state index contributed by atoms with van der Waals surface area (Å²) in [7, 11) is 0. The fraction of sp³-hybridized carbons (Fsp3) is 0.818. The van der Waals surface area contributed by atoms with Crippen molar-refractivity contribution in [1.29, 1.82) is 0 Å². The van der Waals surface area contributed by atoms with Crippen LogP contribution in [0.5, 0.6) is 0 Å². The summed E-state index contributed by atoms with van der Waals surface area (Å²) in [6.07, 6.45) is -3.73. The molecule has 2 bridgehead atoms. The Kier molecular flexibility index (Phi) is 4.33. The predicted octanol–water partition coefficient (Wildman–Crippen LogP) is -0.500. The number of allylic oxidation sites excluding steroid dienone is 1. The Balaban J connectivity index is 1.75. The average molecular weight is 438 g/mol. The number of hydrogen-bond acceptors (Lipinski definition) is 9. The number of carbonyl (C=O) groups excluding carboxylic acids is 2. The number of esters is 2. The van der Waals surface area contributed by atoms with Gasteiger partial charge in [0, 0.05) is 29.6 Å². The zero-order chi connectivity index (χ0) is 22.7. The van der Waals surface area contributed by atoms with Gasteiger partial charge in [-0.1, -0.05) is 25.5 Å². The van der Waals surface area contributed by atoms with Crippen LogP contribution in [-0.2, 0) is 23.8 Å². The molecular weight excluding hydrogens is 408 g/mol.